The number of benzene rings is 1. The van der Waals surface area contributed by atoms with Crippen molar-refractivity contribution in [3.05, 3.63) is 54.6 Å². The van der Waals surface area contributed by atoms with Crippen LogP contribution in [0.15, 0.2) is 27.8 Å². The van der Waals surface area contributed by atoms with Crippen LogP contribution in [0.25, 0.3) is 0 Å². The van der Waals surface area contributed by atoms with Gasteiger partial charge in [0, 0.05) is 19.7 Å². The molecule has 2 aromatic rings. The summed E-state index contributed by atoms with van der Waals surface area (Å²) in [4.78, 5) is 37.1. The van der Waals surface area contributed by atoms with Crippen LogP contribution in [0.2, 0.25) is 10.0 Å². The van der Waals surface area contributed by atoms with Gasteiger partial charge in [-0.25, -0.2) is 4.79 Å². The van der Waals surface area contributed by atoms with Crippen LogP contribution in [-0.2, 0) is 13.6 Å². The molecule has 0 bridgehead atoms. The lowest BCUT2D eigenvalue weighted by atomic mass is 10.1. The first-order valence-electron chi connectivity index (χ1n) is 7.83. The van der Waals surface area contributed by atoms with E-state index in [-0.39, 0.29) is 28.9 Å². The first-order chi connectivity index (χ1) is 12.1. The van der Waals surface area contributed by atoms with Gasteiger partial charge in [0.2, 0.25) is 5.78 Å². The Labute approximate surface area is 159 Å². The SMILES string of the molecule is CC(C)Cn1c(N)c(C(=O)COc2ccc(Cl)c(Cl)c2)c(=O)n(C)c1=O. The van der Waals surface area contributed by atoms with Gasteiger partial charge in [-0.05, 0) is 18.1 Å². The zero-order valence-corrected chi connectivity index (χ0v) is 16.1. The fourth-order valence-corrected chi connectivity index (χ4v) is 2.66. The molecule has 2 N–H and O–H groups in total. The van der Waals surface area contributed by atoms with Crippen molar-refractivity contribution in [3.63, 3.8) is 0 Å². The predicted octanol–water partition coefficient (Wildman–Crippen LogP) is 2.35. The van der Waals surface area contributed by atoms with Crippen molar-refractivity contribution >= 4 is 34.8 Å². The van der Waals surface area contributed by atoms with Gasteiger partial charge in [-0.1, -0.05) is 37.0 Å². The van der Waals surface area contributed by atoms with Crippen LogP contribution in [-0.4, -0.2) is 21.5 Å². The van der Waals surface area contributed by atoms with E-state index in [0.29, 0.717) is 10.8 Å². The number of hydrogen-bond acceptors (Lipinski definition) is 5. The molecule has 26 heavy (non-hydrogen) atoms. The molecule has 0 unspecified atom stereocenters. The van der Waals surface area contributed by atoms with Gasteiger partial charge in [-0.3, -0.25) is 18.7 Å². The van der Waals surface area contributed by atoms with Crippen molar-refractivity contribution in [3.8, 4) is 5.75 Å². The molecule has 0 aliphatic rings. The number of halogens is 2. The summed E-state index contributed by atoms with van der Waals surface area (Å²) in [5.74, 6) is -0.372. The lowest BCUT2D eigenvalue weighted by Crippen LogP contribution is -2.43. The van der Waals surface area contributed by atoms with E-state index in [2.05, 4.69) is 0 Å². The minimum Gasteiger partial charge on any atom is -0.485 e. The van der Waals surface area contributed by atoms with Gasteiger partial charge in [0.25, 0.3) is 5.56 Å². The predicted molar refractivity (Wildman–Crippen MR) is 101 cm³/mol. The van der Waals surface area contributed by atoms with Gasteiger partial charge in [-0.2, -0.15) is 0 Å². The highest BCUT2D eigenvalue weighted by atomic mass is 35.5. The average molecular weight is 400 g/mol. The second-order valence-corrected chi connectivity index (χ2v) is 7.01. The summed E-state index contributed by atoms with van der Waals surface area (Å²) in [6.07, 6.45) is 0. The zero-order valence-electron chi connectivity index (χ0n) is 14.6. The number of ketones is 1. The Morgan fingerprint density at radius 2 is 1.88 bits per heavy atom. The summed E-state index contributed by atoms with van der Waals surface area (Å²) in [5.41, 5.74) is 4.36. The number of carbonyl (C=O) groups excluding carboxylic acids is 1. The minimum absolute atomic E-state index is 0.0999. The van der Waals surface area contributed by atoms with Crippen molar-refractivity contribution in [2.75, 3.05) is 12.3 Å². The third-order valence-electron chi connectivity index (χ3n) is 3.67. The molecular weight excluding hydrogens is 381 g/mol. The molecular formula is C17H19Cl2N3O4. The second-order valence-electron chi connectivity index (χ2n) is 6.20. The average Bonchev–Trinajstić information content (AvgIpc) is 2.58. The number of Topliss-reactive ketones (excluding diaryl/α,β-unsaturated/α-hetero) is 1. The van der Waals surface area contributed by atoms with Crippen LogP contribution >= 0.6 is 23.2 Å². The van der Waals surface area contributed by atoms with Crippen LogP contribution in [0.3, 0.4) is 0 Å². The molecule has 0 spiro atoms. The number of carbonyl (C=O) groups is 1. The first-order valence-corrected chi connectivity index (χ1v) is 8.59. The molecule has 0 radical (unpaired) electrons. The molecule has 0 saturated heterocycles. The molecule has 0 aliphatic carbocycles. The highest BCUT2D eigenvalue weighted by Crippen LogP contribution is 2.26. The van der Waals surface area contributed by atoms with E-state index in [0.717, 1.165) is 4.57 Å². The molecule has 140 valence electrons. The van der Waals surface area contributed by atoms with Crippen LogP contribution < -0.4 is 21.7 Å². The van der Waals surface area contributed by atoms with Crippen LogP contribution in [0.5, 0.6) is 5.75 Å². The summed E-state index contributed by atoms with van der Waals surface area (Å²) in [7, 11) is 1.30. The van der Waals surface area contributed by atoms with E-state index in [1.165, 1.54) is 23.7 Å². The number of rotatable bonds is 6. The monoisotopic (exact) mass is 399 g/mol. The number of nitrogen functional groups attached to an aromatic ring is 1. The summed E-state index contributed by atoms with van der Waals surface area (Å²) in [6.45, 7) is 3.64. The van der Waals surface area contributed by atoms with Gasteiger partial charge in [-0.15, -0.1) is 0 Å². The maximum Gasteiger partial charge on any atom is 0.332 e. The van der Waals surface area contributed by atoms with Gasteiger partial charge in [0.05, 0.1) is 10.0 Å². The van der Waals surface area contributed by atoms with Gasteiger partial charge < -0.3 is 10.5 Å². The molecule has 0 fully saturated rings. The third kappa shape index (κ3) is 4.11. The van der Waals surface area contributed by atoms with E-state index in [1.807, 2.05) is 13.8 Å². The molecule has 2 rings (SSSR count). The fraction of sp³-hybridized carbons (Fsp3) is 0.353. The number of anilines is 1. The Morgan fingerprint density at radius 1 is 1.23 bits per heavy atom. The highest BCUT2D eigenvalue weighted by Gasteiger charge is 2.22. The summed E-state index contributed by atoms with van der Waals surface area (Å²) < 4.78 is 7.46. The number of nitrogens with two attached hydrogens (primary N) is 1. The Hall–Kier alpha value is -2.25. The number of ether oxygens (including phenoxy) is 1. The Morgan fingerprint density at radius 3 is 2.46 bits per heavy atom. The van der Waals surface area contributed by atoms with Crippen molar-refractivity contribution in [1.29, 1.82) is 0 Å². The van der Waals surface area contributed by atoms with Gasteiger partial charge in [0.15, 0.2) is 6.61 Å². The van der Waals surface area contributed by atoms with Crippen LogP contribution in [0.1, 0.15) is 24.2 Å². The van der Waals surface area contributed by atoms with Crippen molar-refractivity contribution in [2.24, 2.45) is 13.0 Å². The standard InChI is InChI=1S/C17H19Cl2N3O4/c1-9(2)7-22-15(20)14(16(24)21(3)17(22)25)13(23)8-26-10-4-5-11(18)12(19)6-10/h4-6,9H,7-8,20H2,1-3H3. The van der Waals surface area contributed by atoms with Gasteiger partial charge in [0.1, 0.15) is 17.1 Å². The highest BCUT2D eigenvalue weighted by molar-refractivity contribution is 6.42. The van der Waals surface area contributed by atoms with E-state index < -0.39 is 23.6 Å². The molecule has 0 amide bonds. The van der Waals surface area contributed by atoms with E-state index in [4.69, 9.17) is 33.7 Å². The second kappa shape index (κ2) is 7.97. The molecule has 0 saturated carbocycles. The number of aromatic nitrogens is 2. The molecule has 1 aromatic heterocycles. The topological polar surface area (TPSA) is 96.3 Å². The fourth-order valence-electron chi connectivity index (χ4n) is 2.37. The first kappa shape index (κ1) is 20.1. The molecule has 1 heterocycles. The maximum absolute atomic E-state index is 12.5. The third-order valence-corrected chi connectivity index (χ3v) is 4.41. The van der Waals surface area contributed by atoms with Crippen LogP contribution in [0.4, 0.5) is 5.82 Å². The lowest BCUT2D eigenvalue weighted by molar-refractivity contribution is 0.0919. The van der Waals surface area contributed by atoms with Crippen LogP contribution in [0, 0.1) is 5.92 Å². The van der Waals surface area contributed by atoms with E-state index >= 15 is 0 Å². The zero-order chi connectivity index (χ0) is 19.6. The maximum atomic E-state index is 12.5. The largest absolute Gasteiger partial charge is 0.485 e. The number of nitrogens with zero attached hydrogens (tertiary/aromatic N) is 2. The number of hydrogen-bond donors (Lipinski definition) is 1. The van der Waals surface area contributed by atoms with Crippen molar-refractivity contribution < 1.29 is 9.53 Å². The van der Waals surface area contributed by atoms with Crippen molar-refractivity contribution in [1.82, 2.24) is 9.13 Å². The lowest BCUT2D eigenvalue weighted by Gasteiger charge is -2.16. The molecule has 9 heteroatoms. The smallest absolute Gasteiger partial charge is 0.332 e. The Bertz CT molecular complexity index is 964. The quantitative estimate of drug-likeness (QED) is 0.751. The summed E-state index contributed by atoms with van der Waals surface area (Å²) >= 11 is 11.7. The Balaban J connectivity index is 2.36. The normalized spacial score (nSPS) is 11.0. The van der Waals surface area contributed by atoms with E-state index in [1.54, 1.807) is 6.07 Å². The minimum atomic E-state index is -0.754. The molecule has 1 aromatic carbocycles. The summed E-state index contributed by atoms with van der Waals surface area (Å²) in [5, 5.41) is 0.627. The Kier molecular flexibility index (Phi) is 6.15. The van der Waals surface area contributed by atoms with Gasteiger partial charge >= 0.3 is 5.69 Å². The van der Waals surface area contributed by atoms with E-state index in [9.17, 15) is 14.4 Å². The molecule has 0 atom stereocenters. The molecule has 7 nitrogen and oxygen atoms in total. The molecule has 0 aliphatic heterocycles. The summed E-state index contributed by atoms with van der Waals surface area (Å²) in [6, 6.07) is 4.53. The van der Waals surface area contributed by atoms with Crippen molar-refractivity contribution in [2.45, 2.75) is 20.4 Å².